The van der Waals surface area contributed by atoms with Crippen molar-refractivity contribution in [3.05, 3.63) is 23.9 Å². The molecule has 13 heteroatoms. The average Bonchev–Trinajstić information content (AvgIpc) is 2.84. The fourth-order valence-corrected chi connectivity index (χ4v) is 3.63. The number of aromatic nitrogens is 3. The average molecular weight is 481 g/mol. The quantitative estimate of drug-likeness (QED) is 0.655. The third-order valence-corrected chi connectivity index (χ3v) is 5.48. The lowest BCUT2D eigenvalue weighted by Crippen LogP contribution is -2.39. The Balaban J connectivity index is 1.78. The number of hydrogen-bond donors (Lipinski definition) is 2. The van der Waals surface area contributed by atoms with Crippen LogP contribution in [0, 0.1) is 0 Å². The van der Waals surface area contributed by atoms with Crippen molar-refractivity contribution >= 4 is 23.4 Å². The van der Waals surface area contributed by atoms with Crippen molar-refractivity contribution in [2.24, 2.45) is 5.73 Å². The molecule has 2 saturated heterocycles. The van der Waals surface area contributed by atoms with Crippen LogP contribution in [-0.4, -0.2) is 79.5 Å². The van der Waals surface area contributed by atoms with E-state index >= 15 is 0 Å². The zero-order valence-corrected chi connectivity index (χ0v) is 18.6. The van der Waals surface area contributed by atoms with Crippen LogP contribution in [0.25, 0.3) is 11.4 Å². The summed E-state index contributed by atoms with van der Waals surface area (Å²) in [5.41, 5.74) is 4.21. The summed E-state index contributed by atoms with van der Waals surface area (Å²) in [7, 11) is 0. The van der Waals surface area contributed by atoms with Gasteiger partial charge < -0.3 is 30.3 Å². The summed E-state index contributed by atoms with van der Waals surface area (Å²) in [6, 6.07) is 1.65. The number of halogens is 3. The van der Waals surface area contributed by atoms with Gasteiger partial charge in [0.15, 0.2) is 5.82 Å². The van der Waals surface area contributed by atoms with Gasteiger partial charge in [0.25, 0.3) is 0 Å². The number of nitrogens with zero attached hydrogens (tertiary/aromatic N) is 5. The van der Waals surface area contributed by atoms with Crippen molar-refractivity contribution in [1.82, 2.24) is 15.0 Å². The van der Waals surface area contributed by atoms with E-state index in [0.29, 0.717) is 64.2 Å². The summed E-state index contributed by atoms with van der Waals surface area (Å²) in [6.07, 6.45) is -3.70. The molecule has 0 radical (unpaired) electrons. The molecular formula is C21H26F3N7O3. The lowest BCUT2D eigenvalue weighted by atomic mass is 10.1. The number of pyridine rings is 1. The van der Waals surface area contributed by atoms with Crippen LogP contribution >= 0.6 is 0 Å². The maximum atomic E-state index is 14.0. The van der Waals surface area contributed by atoms with Crippen molar-refractivity contribution in [2.75, 3.05) is 67.7 Å². The summed E-state index contributed by atoms with van der Waals surface area (Å²) in [5, 5.41) is 2.30. The Kier molecular flexibility index (Phi) is 7.14. The van der Waals surface area contributed by atoms with Crippen LogP contribution in [0.5, 0.6) is 0 Å². The molecule has 2 aromatic rings. The molecule has 0 bridgehead atoms. The second kappa shape index (κ2) is 10.1. The third-order valence-electron chi connectivity index (χ3n) is 5.48. The molecular weight excluding hydrogens is 455 g/mol. The summed E-state index contributed by atoms with van der Waals surface area (Å²) in [6.45, 7) is 5.65. The number of amides is 1. The predicted molar refractivity (Wildman–Crippen MR) is 119 cm³/mol. The normalized spacial score (nSPS) is 18.0. The van der Waals surface area contributed by atoms with E-state index < -0.39 is 23.7 Å². The molecule has 1 unspecified atom stereocenters. The first-order valence-corrected chi connectivity index (χ1v) is 10.9. The summed E-state index contributed by atoms with van der Waals surface area (Å²) in [4.78, 5) is 28.7. The van der Waals surface area contributed by atoms with Crippen LogP contribution in [0.2, 0.25) is 0 Å². The van der Waals surface area contributed by atoms with Crippen LogP contribution in [-0.2, 0) is 20.4 Å². The number of hydrogen-bond acceptors (Lipinski definition) is 9. The van der Waals surface area contributed by atoms with E-state index in [9.17, 15) is 18.0 Å². The lowest BCUT2D eigenvalue weighted by Gasteiger charge is -2.31. The zero-order chi connectivity index (χ0) is 24.3. The number of carbonyl (C=O) groups excluding carboxylic acids is 1. The highest BCUT2D eigenvalue weighted by Gasteiger charge is 2.36. The van der Waals surface area contributed by atoms with Gasteiger partial charge in [-0.1, -0.05) is 0 Å². The van der Waals surface area contributed by atoms with Gasteiger partial charge in [-0.15, -0.1) is 0 Å². The molecule has 0 saturated carbocycles. The molecule has 2 aliphatic rings. The highest BCUT2D eigenvalue weighted by molar-refractivity contribution is 5.93. The van der Waals surface area contributed by atoms with Crippen LogP contribution in [0.15, 0.2) is 18.3 Å². The van der Waals surface area contributed by atoms with E-state index in [1.165, 1.54) is 6.92 Å². The first-order valence-electron chi connectivity index (χ1n) is 10.9. The number of carbonyl (C=O) groups is 1. The van der Waals surface area contributed by atoms with Gasteiger partial charge in [0.1, 0.15) is 17.5 Å². The molecule has 1 atom stereocenters. The second-order valence-corrected chi connectivity index (χ2v) is 8.00. The Morgan fingerprint density at radius 3 is 2.03 bits per heavy atom. The van der Waals surface area contributed by atoms with Crippen molar-refractivity contribution < 1.29 is 27.4 Å². The largest absolute Gasteiger partial charge is 0.417 e. The fourth-order valence-electron chi connectivity index (χ4n) is 3.63. The molecule has 2 aliphatic heterocycles. The van der Waals surface area contributed by atoms with Crippen LogP contribution < -0.4 is 20.9 Å². The summed E-state index contributed by atoms with van der Waals surface area (Å²) < 4.78 is 52.9. The Morgan fingerprint density at radius 2 is 1.56 bits per heavy atom. The van der Waals surface area contributed by atoms with Crippen LogP contribution in [0.4, 0.5) is 30.6 Å². The number of ether oxygens (including phenoxy) is 2. The molecule has 2 fully saturated rings. The van der Waals surface area contributed by atoms with Gasteiger partial charge >= 0.3 is 6.18 Å². The smallest absolute Gasteiger partial charge is 0.378 e. The Bertz CT molecular complexity index is 987. The first-order chi connectivity index (χ1) is 16.2. The van der Waals surface area contributed by atoms with Crippen molar-refractivity contribution in [3.63, 3.8) is 0 Å². The van der Waals surface area contributed by atoms with E-state index in [1.54, 1.807) is 6.07 Å². The van der Waals surface area contributed by atoms with Gasteiger partial charge in [-0.3, -0.25) is 4.79 Å². The topological polar surface area (TPSA) is 119 Å². The minimum atomic E-state index is -4.73. The number of rotatable bonds is 5. The Morgan fingerprint density at radius 1 is 1.03 bits per heavy atom. The molecule has 10 nitrogen and oxygen atoms in total. The highest BCUT2D eigenvalue weighted by atomic mass is 19.4. The van der Waals surface area contributed by atoms with E-state index in [1.807, 2.05) is 9.80 Å². The Labute approximate surface area is 194 Å². The first kappa shape index (κ1) is 24.1. The van der Waals surface area contributed by atoms with Crippen molar-refractivity contribution in [2.45, 2.75) is 19.1 Å². The highest BCUT2D eigenvalue weighted by Crippen LogP contribution is 2.38. The van der Waals surface area contributed by atoms with Crippen LogP contribution in [0.3, 0.4) is 0 Å². The van der Waals surface area contributed by atoms with E-state index in [-0.39, 0.29) is 17.2 Å². The fraction of sp³-hybridized carbons (Fsp3) is 0.524. The number of anilines is 3. The van der Waals surface area contributed by atoms with E-state index in [4.69, 9.17) is 15.2 Å². The molecule has 34 heavy (non-hydrogen) atoms. The third kappa shape index (κ3) is 5.54. The SMILES string of the molecule is CC(N)C(=O)Nc1cc(C(F)(F)F)c(-c2nc(N3CCOCC3)cc(N3CCOCC3)n2)cn1. The molecule has 0 aromatic carbocycles. The van der Waals surface area contributed by atoms with Gasteiger partial charge in [0.05, 0.1) is 43.6 Å². The molecule has 4 rings (SSSR count). The zero-order valence-electron chi connectivity index (χ0n) is 18.6. The van der Waals surface area contributed by atoms with Gasteiger partial charge in [-0.2, -0.15) is 13.2 Å². The molecule has 184 valence electrons. The molecule has 2 aromatic heterocycles. The molecule has 3 N–H and O–H groups in total. The maximum Gasteiger partial charge on any atom is 0.417 e. The lowest BCUT2D eigenvalue weighted by molar-refractivity contribution is -0.137. The molecule has 0 aliphatic carbocycles. The van der Waals surface area contributed by atoms with Crippen molar-refractivity contribution in [1.29, 1.82) is 0 Å². The van der Waals surface area contributed by atoms with E-state index in [0.717, 1.165) is 12.3 Å². The monoisotopic (exact) mass is 481 g/mol. The van der Waals surface area contributed by atoms with Gasteiger partial charge in [0.2, 0.25) is 5.91 Å². The molecule has 4 heterocycles. The van der Waals surface area contributed by atoms with Gasteiger partial charge in [0, 0.05) is 38.4 Å². The predicted octanol–water partition coefficient (Wildman–Crippen LogP) is 1.52. The molecule has 1 amide bonds. The number of alkyl halides is 3. The number of morpholine rings is 2. The Hall–Kier alpha value is -3.03. The standard InChI is InChI=1S/C21H26F3N7O3/c1-13(25)20(32)27-16-10-15(21(22,23)24)14(12-26-16)19-28-17(30-2-6-33-7-3-30)11-18(29-19)31-4-8-34-9-5-31/h10-13H,2-9,25H2,1H3,(H,26,27,32). The minimum absolute atomic E-state index is 0.102. The number of nitrogens with two attached hydrogens (primary N) is 1. The minimum Gasteiger partial charge on any atom is -0.378 e. The summed E-state index contributed by atoms with van der Waals surface area (Å²) >= 11 is 0. The second-order valence-electron chi connectivity index (χ2n) is 8.00. The maximum absolute atomic E-state index is 14.0. The van der Waals surface area contributed by atoms with Gasteiger partial charge in [-0.25, -0.2) is 15.0 Å². The molecule has 0 spiro atoms. The summed E-state index contributed by atoms with van der Waals surface area (Å²) in [5.74, 6) is 0.0227. The van der Waals surface area contributed by atoms with Crippen LogP contribution in [0.1, 0.15) is 12.5 Å². The van der Waals surface area contributed by atoms with Crippen molar-refractivity contribution in [3.8, 4) is 11.4 Å². The van der Waals surface area contributed by atoms with E-state index in [2.05, 4.69) is 20.3 Å². The van der Waals surface area contributed by atoms with Gasteiger partial charge in [-0.05, 0) is 13.0 Å². The number of nitrogens with one attached hydrogen (secondary N) is 1.